The summed E-state index contributed by atoms with van der Waals surface area (Å²) in [5.74, 6) is 0.907. The first-order chi connectivity index (χ1) is 8.72. The monoisotopic (exact) mass is 263 g/mol. The van der Waals surface area contributed by atoms with Gasteiger partial charge in [-0.3, -0.25) is 0 Å². The molecule has 0 radical (unpaired) electrons. The molecule has 1 aromatic carbocycles. The molecule has 0 spiro atoms. The van der Waals surface area contributed by atoms with Gasteiger partial charge < -0.3 is 9.88 Å². The zero-order valence-corrected chi connectivity index (χ0v) is 11.5. The van der Waals surface area contributed by atoms with Crippen molar-refractivity contribution >= 4 is 17.5 Å². The highest BCUT2D eigenvalue weighted by Gasteiger charge is 2.11. The van der Waals surface area contributed by atoms with Crippen LogP contribution in [0.1, 0.15) is 31.9 Å². The first kappa shape index (κ1) is 13.0. The van der Waals surface area contributed by atoms with Gasteiger partial charge in [-0.15, -0.1) is 0 Å². The van der Waals surface area contributed by atoms with Gasteiger partial charge in [0.15, 0.2) is 0 Å². The second-order valence-corrected chi connectivity index (χ2v) is 4.75. The fraction of sp³-hybridized carbons (Fsp3) is 0.357. The van der Waals surface area contributed by atoms with Gasteiger partial charge >= 0.3 is 0 Å². The predicted octanol–water partition coefficient (Wildman–Crippen LogP) is 3.97. The third kappa shape index (κ3) is 2.85. The average Bonchev–Trinajstić information content (AvgIpc) is 2.83. The number of nitrogens with one attached hydrogen (secondary N) is 1. The van der Waals surface area contributed by atoms with E-state index in [1.807, 2.05) is 30.6 Å². The minimum absolute atomic E-state index is 0.213. The van der Waals surface area contributed by atoms with E-state index in [4.69, 9.17) is 11.6 Å². The molecule has 1 aromatic heterocycles. The fourth-order valence-corrected chi connectivity index (χ4v) is 2.13. The normalized spacial score (nSPS) is 12.4. The van der Waals surface area contributed by atoms with E-state index in [2.05, 4.69) is 34.8 Å². The van der Waals surface area contributed by atoms with Gasteiger partial charge in [0.25, 0.3) is 0 Å². The van der Waals surface area contributed by atoms with Gasteiger partial charge in [0.2, 0.25) is 5.95 Å². The van der Waals surface area contributed by atoms with Gasteiger partial charge in [0.05, 0.1) is 6.04 Å². The summed E-state index contributed by atoms with van der Waals surface area (Å²) in [4.78, 5) is 4.34. The number of rotatable bonds is 5. The Morgan fingerprint density at radius 2 is 2.28 bits per heavy atom. The molecular formula is C14H18ClN3. The van der Waals surface area contributed by atoms with Crippen LogP contribution in [0.5, 0.6) is 0 Å². The summed E-state index contributed by atoms with van der Waals surface area (Å²) in [6.45, 7) is 5.21. The molecule has 1 atom stereocenters. The molecule has 3 nitrogen and oxygen atoms in total. The quantitative estimate of drug-likeness (QED) is 0.885. The van der Waals surface area contributed by atoms with E-state index in [0.717, 1.165) is 23.9 Å². The summed E-state index contributed by atoms with van der Waals surface area (Å²) < 4.78 is 2.13. The molecule has 4 heteroatoms. The zero-order chi connectivity index (χ0) is 13.0. The van der Waals surface area contributed by atoms with Gasteiger partial charge in [-0.05, 0) is 31.0 Å². The van der Waals surface area contributed by atoms with Gasteiger partial charge in [-0.1, -0.05) is 30.7 Å². The Labute approximate surface area is 113 Å². The standard InChI is InChI=1S/C14H18ClN3/c1-3-7-16-14-17-8-9-18(14)11(2)12-5-4-6-13(15)10-12/h4-6,8-11H,3,7H2,1-2H3,(H,16,17). The number of halogens is 1. The summed E-state index contributed by atoms with van der Waals surface area (Å²) in [6.07, 6.45) is 4.89. The Kier molecular flexibility index (Phi) is 4.26. The molecule has 1 N–H and O–H groups in total. The van der Waals surface area contributed by atoms with Crippen LogP contribution in [-0.2, 0) is 0 Å². The fourth-order valence-electron chi connectivity index (χ4n) is 1.93. The van der Waals surface area contributed by atoms with E-state index in [1.165, 1.54) is 5.56 Å². The minimum atomic E-state index is 0.213. The lowest BCUT2D eigenvalue weighted by molar-refractivity contribution is 0.643. The van der Waals surface area contributed by atoms with Crippen LogP contribution in [0, 0.1) is 0 Å². The van der Waals surface area contributed by atoms with Crippen molar-refractivity contribution in [3.63, 3.8) is 0 Å². The molecule has 0 aliphatic carbocycles. The van der Waals surface area contributed by atoms with Crippen LogP contribution < -0.4 is 5.32 Å². The van der Waals surface area contributed by atoms with E-state index in [0.29, 0.717) is 0 Å². The summed E-state index contributed by atoms with van der Waals surface area (Å²) in [5.41, 5.74) is 1.18. The molecule has 96 valence electrons. The molecule has 0 aliphatic heterocycles. The number of anilines is 1. The molecule has 2 rings (SSSR count). The topological polar surface area (TPSA) is 29.9 Å². The molecule has 1 heterocycles. The predicted molar refractivity (Wildman–Crippen MR) is 76.3 cm³/mol. The Morgan fingerprint density at radius 1 is 1.44 bits per heavy atom. The lowest BCUT2D eigenvalue weighted by Gasteiger charge is -2.17. The van der Waals surface area contributed by atoms with Crippen molar-refractivity contribution < 1.29 is 0 Å². The molecule has 18 heavy (non-hydrogen) atoms. The summed E-state index contributed by atoms with van der Waals surface area (Å²) in [5, 5.41) is 4.09. The van der Waals surface area contributed by atoms with Gasteiger partial charge in [-0.2, -0.15) is 0 Å². The SMILES string of the molecule is CCCNc1nccn1C(C)c1cccc(Cl)c1. The second-order valence-electron chi connectivity index (χ2n) is 4.32. The van der Waals surface area contributed by atoms with Gasteiger partial charge in [0, 0.05) is 24.0 Å². The molecule has 0 aliphatic rings. The maximum absolute atomic E-state index is 6.03. The van der Waals surface area contributed by atoms with Crippen LogP contribution in [0.25, 0.3) is 0 Å². The molecule has 0 fully saturated rings. The molecule has 2 aromatic rings. The van der Waals surface area contributed by atoms with Crippen molar-refractivity contribution in [1.29, 1.82) is 0 Å². The molecule has 0 amide bonds. The highest BCUT2D eigenvalue weighted by atomic mass is 35.5. The van der Waals surface area contributed by atoms with Crippen LogP contribution in [0.2, 0.25) is 5.02 Å². The van der Waals surface area contributed by atoms with E-state index in [1.54, 1.807) is 0 Å². The Morgan fingerprint density at radius 3 is 3.00 bits per heavy atom. The molecular weight excluding hydrogens is 246 g/mol. The summed E-state index contributed by atoms with van der Waals surface area (Å²) >= 11 is 6.03. The summed E-state index contributed by atoms with van der Waals surface area (Å²) in [7, 11) is 0. The number of imidazole rings is 1. The number of aromatic nitrogens is 2. The number of benzene rings is 1. The Hall–Kier alpha value is -1.48. The zero-order valence-electron chi connectivity index (χ0n) is 10.7. The summed E-state index contributed by atoms with van der Waals surface area (Å²) in [6, 6.07) is 8.16. The third-order valence-corrected chi connectivity index (χ3v) is 3.19. The minimum Gasteiger partial charge on any atom is -0.356 e. The third-order valence-electron chi connectivity index (χ3n) is 2.95. The molecule has 1 unspecified atom stereocenters. The molecule has 0 saturated heterocycles. The van der Waals surface area contributed by atoms with E-state index in [-0.39, 0.29) is 6.04 Å². The van der Waals surface area contributed by atoms with Crippen LogP contribution in [0.15, 0.2) is 36.7 Å². The highest BCUT2D eigenvalue weighted by molar-refractivity contribution is 6.30. The lowest BCUT2D eigenvalue weighted by atomic mass is 10.1. The van der Waals surface area contributed by atoms with E-state index >= 15 is 0 Å². The number of hydrogen-bond acceptors (Lipinski definition) is 2. The smallest absolute Gasteiger partial charge is 0.203 e. The van der Waals surface area contributed by atoms with E-state index in [9.17, 15) is 0 Å². The molecule has 0 bridgehead atoms. The Balaban J connectivity index is 2.23. The van der Waals surface area contributed by atoms with E-state index < -0.39 is 0 Å². The van der Waals surface area contributed by atoms with Crippen molar-refractivity contribution in [1.82, 2.24) is 9.55 Å². The first-order valence-corrected chi connectivity index (χ1v) is 6.62. The van der Waals surface area contributed by atoms with Gasteiger partial charge in [0.1, 0.15) is 0 Å². The first-order valence-electron chi connectivity index (χ1n) is 6.24. The van der Waals surface area contributed by atoms with Crippen molar-refractivity contribution in [2.75, 3.05) is 11.9 Å². The van der Waals surface area contributed by atoms with Crippen molar-refractivity contribution in [3.05, 3.63) is 47.2 Å². The van der Waals surface area contributed by atoms with Crippen molar-refractivity contribution in [3.8, 4) is 0 Å². The number of nitrogens with zero attached hydrogens (tertiary/aromatic N) is 2. The highest BCUT2D eigenvalue weighted by Crippen LogP contribution is 2.23. The van der Waals surface area contributed by atoms with Crippen molar-refractivity contribution in [2.24, 2.45) is 0 Å². The molecule has 0 saturated carbocycles. The maximum Gasteiger partial charge on any atom is 0.203 e. The largest absolute Gasteiger partial charge is 0.356 e. The lowest BCUT2D eigenvalue weighted by Crippen LogP contribution is -2.12. The Bertz CT molecular complexity index is 507. The number of hydrogen-bond donors (Lipinski definition) is 1. The van der Waals surface area contributed by atoms with Crippen LogP contribution in [-0.4, -0.2) is 16.1 Å². The van der Waals surface area contributed by atoms with Crippen LogP contribution in [0.4, 0.5) is 5.95 Å². The van der Waals surface area contributed by atoms with Crippen molar-refractivity contribution in [2.45, 2.75) is 26.3 Å². The van der Waals surface area contributed by atoms with Gasteiger partial charge in [-0.25, -0.2) is 4.98 Å². The maximum atomic E-state index is 6.03. The van der Waals surface area contributed by atoms with Crippen LogP contribution in [0.3, 0.4) is 0 Å². The second kappa shape index (κ2) is 5.91. The average molecular weight is 264 g/mol. The van der Waals surface area contributed by atoms with Crippen LogP contribution >= 0.6 is 11.6 Å².